The molecule has 0 saturated heterocycles. The Morgan fingerprint density at radius 1 is 0.519 bits per heavy atom. The zero-order valence-corrected chi connectivity index (χ0v) is 28.5. The van der Waals surface area contributed by atoms with Crippen LogP contribution in [0.15, 0.2) is 186 Å². The highest BCUT2D eigenvalue weighted by molar-refractivity contribution is 6.10. The number of allylic oxidation sites excluding steroid dienone is 2. The highest BCUT2D eigenvalue weighted by atomic mass is 16.3. The summed E-state index contributed by atoms with van der Waals surface area (Å²) in [4.78, 5) is 2.50. The van der Waals surface area contributed by atoms with Crippen molar-refractivity contribution in [2.45, 2.75) is 18.4 Å². The Hall–Kier alpha value is -6.58. The SMILES string of the molecule is C1=CC2c3cc(Cc4ccc5c(c4)c4ccccc4n5-c4ccc(-c5cccc6c5oc5ccccc56)cc4)ccc3N(c3ccccc3)C2C=C1. The lowest BCUT2D eigenvalue weighted by molar-refractivity contribution is 0.670. The normalized spacial score (nSPS) is 16.3. The number of fused-ring (bicyclic) bond motifs is 9. The molecule has 0 spiro atoms. The summed E-state index contributed by atoms with van der Waals surface area (Å²) in [6.45, 7) is 0. The average molecular weight is 667 g/mol. The van der Waals surface area contributed by atoms with Crippen molar-refractivity contribution in [1.82, 2.24) is 4.57 Å². The van der Waals surface area contributed by atoms with Crippen molar-refractivity contribution in [3.63, 3.8) is 0 Å². The molecular formula is C49H34N2O. The van der Waals surface area contributed by atoms with Gasteiger partial charge in [0.25, 0.3) is 0 Å². The lowest BCUT2D eigenvalue weighted by Gasteiger charge is -2.28. The number of para-hydroxylation sites is 4. The molecule has 52 heavy (non-hydrogen) atoms. The first-order chi connectivity index (χ1) is 25.8. The second-order valence-electron chi connectivity index (χ2n) is 14.1. The van der Waals surface area contributed by atoms with Gasteiger partial charge in [-0.05, 0) is 83.3 Å². The maximum atomic E-state index is 6.36. The molecule has 3 heteroatoms. The number of furan rings is 1. The average Bonchev–Trinajstić information content (AvgIpc) is 3.86. The van der Waals surface area contributed by atoms with Gasteiger partial charge in [0.2, 0.25) is 0 Å². The standard InChI is InChI=1S/C49H34N2O/c1-2-11-35(12-3-1)50-44-18-7-4-13-38(44)42-30-32(21-27-46(42)50)29-33-22-28-47-43(31-33)39-14-5-8-19-45(39)51(47)36-25-23-34(24-26-36)37-16-10-17-41-40-15-6-9-20-48(40)52-49(37)41/h1-28,30-31,38,44H,29H2. The topological polar surface area (TPSA) is 21.3 Å². The molecule has 0 saturated carbocycles. The quantitative estimate of drug-likeness (QED) is 0.182. The Kier molecular flexibility index (Phi) is 6.44. The largest absolute Gasteiger partial charge is 0.455 e. The van der Waals surface area contributed by atoms with E-state index < -0.39 is 0 Å². The zero-order chi connectivity index (χ0) is 34.2. The van der Waals surface area contributed by atoms with Crippen molar-refractivity contribution < 1.29 is 4.42 Å². The van der Waals surface area contributed by atoms with Crippen molar-refractivity contribution in [3.05, 3.63) is 199 Å². The van der Waals surface area contributed by atoms with Crippen LogP contribution in [0.1, 0.15) is 22.6 Å². The molecular weight excluding hydrogens is 633 g/mol. The van der Waals surface area contributed by atoms with E-state index in [9.17, 15) is 0 Å². The summed E-state index contributed by atoms with van der Waals surface area (Å²) >= 11 is 0. The van der Waals surface area contributed by atoms with Gasteiger partial charge in [-0.1, -0.05) is 127 Å². The Morgan fingerprint density at radius 2 is 1.25 bits per heavy atom. The molecule has 1 aliphatic heterocycles. The fraction of sp³-hybridized carbons (Fsp3) is 0.0612. The summed E-state index contributed by atoms with van der Waals surface area (Å²) < 4.78 is 8.76. The predicted molar refractivity (Wildman–Crippen MR) is 216 cm³/mol. The van der Waals surface area contributed by atoms with Gasteiger partial charge < -0.3 is 13.9 Å². The van der Waals surface area contributed by atoms with Gasteiger partial charge in [-0.25, -0.2) is 0 Å². The monoisotopic (exact) mass is 666 g/mol. The van der Waals surface area contributed by atoms with E-state index in [4.69, 9.17) is 4.42 Å². The smallest absolute Gasteiger partial charge is 0.143 e. The van der Waals surface area contributed by atoms with Gasteiger partial charge in [0.05, 0.1) is 17.1 Å². The number of benzene rings is 7. The minimum absolute atomic E-state index is 0.299. The summed E-state index contributed by atoms with van der Waals surface area (Å²) in [6, 6.07) is 57.6. The van der Waals surface area contributed by atoms with Gasteiger partial charge in [0.1, 0.15) is 11.2 Å². The Bertz CT molecular complexity index is 2890. The van der Waals surface area contributed by atoms with E-state index >= 15 is 0 Å². The van der Waals surface area contributed by atoms with Crippen LogP contribution in [-0.4, -0.2) is 10.6 Å². The summed E-state index contributed by atoms with van der Waals surface area (Å²) in [5.74, 6) is 0.346. The van der Waals surface area contributed by atoms with E-state index in [-0.39, 0.29) is 0 Å². The number of rotatable bonds is 5. The first kappa shape index (κ1) is 29.2. The van der Waals surface area contributed by atoms with Crippen LogP contribution in [0.25, 0.3) is 60.6 Å². The van der Waals surface area contributed by atoms with E-state index in [2.05, 4.69) is 179 Å². The molecule has 246 valence electrons. The Balaban J connectivity index is 0.952. The van der Waals surface area contributed by atoms with Gasteiger partial charge in [0.15, 0.2) is 0 Å². The van der Waals surface area contributed by atoms with Crippen LogP contribution in [0, 0.1) is 0 Å². The predicted octanol–water partition coefficient (Wildman–Crippen LogP) is 12.7. The fourth-order valence-corrected chi connectivity index (χ4v) is 8.80. The van der Waals surface area contributed by atoms with E-state index in [1.54, 1.807) is 0 Å². The van der Waals surface area contributed by atoms with Gasteiger partial charge in [0, 0.05) is 50.1 Å². The maximum absolute atomic E-state index is 6.36. The van der Waals surface area contributed by atoms with Crippen molar-refractivity contribution in [2.24, 2.45) is 0 Å². The van der Waals surface area contributed by atoms with Crippen LogP contribution in [-0.2, 0) is 6.42 Å². The first-order valence-electron chi connectivity index (χ1n) is 18.1. The molecule has 0 amide bonds. The molecule has 9 aromatic rings. The van der Waals surface area contributed by atoms with Crippen LogP contribution in [0.3, 0.4) is 0 Å². The van der Waals surface area contributed by atoms with Crippen LogP contribution < -0.4 is 4.90 Å². The van der Waals surface area contributed by atoms with Crippen LogP contribution in [0.4, 0.5) is 11.4 Å². The number of hydrogen-bond acceptors (Lipinski definition) is 2. The van der Waals surface area contributed by atoms with Crippen LogP contribution in [0.2, 0.25) is 0 Å². The minimum Gasteiger partial charge on any atom is -0.455 e. The van der Waals surface area contributed by atoms with Crippen LogP contribution in [0.5, 0.6) is 0 Å². The second-order valence-corrected chi connectivity index (χ2v) is 14.1. The molecule has 1 aliphatic carbocycles. The Labute approximate surface area is 302 Å². The third-order valence-electron chi connectivity index (χ3n) is 11.1. The number of nitrogens with zero attached hydrogens (tertiary/aromatic N) is 2. The third kappa shape index (κ3) is 4.46. The number of aromatic nitrogens is 1. The van der Waals surface area contributed by atoms with E-state index in [1.165, 1.54) is 49.9 Å². The molecule has 2 unspecified atom stereocenters. The lowest BCUT2D eigenvalue weighted by atomic mass is 9.90. The zero-order valence-electron chi connectivity index (χ0n) is 28.5. The maximum Gasteiger partial charge on any atom is 0.143 e. The van der Waals surface area contributed by atoms with Gasteiger partial charge in [-0.15, -0.1) is 0 Å². The number of anilines is 2. The van der Waals surface area contributed by atoms with Crippen molar-refractivity contribution in [2.75, 3.05) is 4.90 Å². The molecule has 2 atom stereocenters. The summed E-state index contributed by atoms with van der Waals surface area (Å²) in [6.07, 6.45) is 9.98. The van der Waals surface area contributed by atoms with E-state index in [0.717, 1.165) is 45.2 Å². The fourth-order valence-electron chi connectivity index (χ4n) is 8.80. The molecule has 0 radical (unpaired) electrons. The molecule has 0 fully saturated rings. The van der Waals surface area contributed by atoms with Crippen molar-refractivity contribution in [1.29, 1.82) is 0 Å². The molecule has 3 nitrogen and oxygen atoms in total. The van der Waals surface area contributed by atoms with Crippen molar-refractivity contribution >= 4 is 55.1 Å². The number of hydrogen-bond donors (Lipinski definition) is 0. The summed E-state index contributed by atoms with van der Waals surface area (Å²) in [5, 5.41) is 4.85. The molecule has 2 aromatic heterocycles. The highest BCUT2D eigenvalue weighted by Crippen LogP contribution is 2.48. The third-order valence-corrected chi connectivity index (χ3v) is 11.1. The lowest BCUT2D eigenvalue weighted by Crippen LogP contribution is -2.28. The van der Waals surface area contributed by atoms with Crippen molar-refractivity contribution in [3.8, 4) is 16.8 Å². The van der Waals surface area contributed by atoms with Gasteiger partial charge in [-0.3, -0.25) is 0 Å². The first-order valence-corrected chi connectivity index (χ1v) is 18.1. The second kappa shape index (κ2) is 11.5. The molecule has 11 rings (SSSR count). The molecule has 0 N–H and O–H groups in total. The summed E-state index contributed by atoms with van der Waals surface area (Å²) in [7, 11) is 0. The van der Waals surface area contributed by atoms with E-state index in [0.29, 0.717) is 12.0 Å². The molecule has 3 heterocycles. The van der Waals surface area contributed by atoms with Gasteiger partial charge in [-0.2, -0.15) is 0 Å². The Morgan fingerprint density at radius 3 is 2.15 bits per heavy atom. The molecule has 2 aliphatic rings. The molecule has 0 bridgehead atoms. The molecule has 7 aromatic carbocycles. The van der Waals surface area contributed by atoms with Crippen LogP contribution >= 0.6 is 0 Å². The summed E-state index contributed by atoms with van der Waals surface area (Å²) in [5.41, 5.74) is 14.3. The highest BCUT2D eigenvalue weighted by Gasteiger charge is 2.37. The van der Waals surface area contributed by atoms with Gasteiger partial charge >= 0.3 is 0 Å². The minimum atomic E-state index is 0.299. The van der Waals surface area contributed by atoms with E-state index in [1.807, 2.05) is 12.1 Å².